The topological polar surface area (TPSA) is 66.5 Å². The van der Waals surface area contributed by atoms with Gasteiger partial charge in [-0.25, -0.2) is 8.42 Å². The minimum Gasteiger partial charge on any atom is -0.355 e. The summed E-state index contributed by atoms with van der Waals surface area (Å²) >= 11 is 5.88. The SMILES string of the molecule is CC(=Cc1ccccc1)CN(C1CCNC1=O)S(=O)(=O)c1ccc(Cl)cc1. The van der Waals surface area contributed by atoms with E-state index >= 15 is 0 Å². The predicted octanol–water partition coefficient (Wildman–Crippen LogP) is 3.32. The summed E-state index contributed by atoms with van der Waals surface area (Å²) in [5, 5.41) is 3.18. The van der Waals surface area contributed by atoms with Crippen LogP contribution in [0, 0.1) is 0 Å². The maximum Gasteiger partial charge on any atom is 0.244 e. The van der Waals surface area contributed by atoms with Crippen molar-refractivity contribution in [1.82, 2.24) is 9.62 Å². The zero-order chi connectivity index (χ0) is 19.4. The number of nitrogens with one attached hydrogen (secondary N) is 1. The van der Waals surface area contributed by atoms with Gasteiger partial charge in [-0.1, -0.05) is 53.6 Å². The predicted molar refractivity (Wildman–Crippen MR) is 107 cm³/mol. The number of amides is 1. The van der Waals surface area contributed by atoms with Gasteiger partial charge in [-0.05, 0) is 43.2 Å². The number of hydrogen-bond acceptors (Lipinski definition) is 3. The molecule has 3 rings (SSSR count). The van der Waals surface area contributed by atoms with E-state index in [1.54, 1.807) is 0 Å². The molecule has 0 saturated carbocycles. The van der Waals surface area contributed by atoms with Gasteiger partial charge in [-0.15, -0.1) is 0 Å². The quantitative estimate of drug-likeness (QED) is 0.803. The fourth-order valence-electron chi connectivity index (χ4n) is 3.09. The molecule has 0 aliphatic carbocycles. The first-order chi connectivity index (χ1) is 12.9. The molecule has 0 bridgehead atoms. The first kappa shape index (κ1) is 19.6. The minimum atomic E-state index is -3.85. The third kappa shape index (κ3) is 4.58. The number of benzene rings is 2. The van der Waals surface area contributed by atoms with Gasteiger partial charge < -0.3 is 5.32 Å². The number of halogens is 1. The van der Waals surface area contributed by atoms with Gasteiger partial charge in [0, 0.05) is 18.1 Å². The number of carbonyl (C=O) groups is 1. The van der Waals surface area contributed by atoms with Crippen LogP contribution in [0.4, 0.5) is 0 Å². The van der Waals surface area contributed by atoms with Gasteiger partial charge in [0.05, 0.1) is 4.90 Å². The van der Waals surface area contributed by atoms with E-state index in [0.29, 0.717) is 18.0 Å². The summed E-state index contributed by atoms with van der Waals surface area (Å²) in [7, 11) is -3.85. The van der Waals surface area contributed by atoms with E-state index in [2.05, 4.69) is 5.32 Å². The van der Waals surface area contributed by atoms with Crippen LogP contribution in [0.3, 0.4) is 0 Å². The lowest BCUT2D eigenvalue weighted by Gasteiger charge is -2.27. The zero-order valence-electron chi connectivity index (χ0n) is 14.9. The Kier molecular flexibility index (Phi) is 5.99. The van der Waals surface area contributed by atoms with E-state index in [0.717, 1.165) is 11.1 Å². The van der Waals surface area contributed by atoms with Crippen molar-refractivity contribution < 1.29 is 13.2 Å². The lowest BCUT2D eigenvalue weighted by Crippen LogP contribution is -2.45. The molecule has 2 aromatic rings. The number of rotatable bonds is 6. The summed E-state index contributed by atoms with van der Waals surface area (Å²) in [6.45, 7) is 2.47. The average Bonchev–Trinajstić information content (AvgIpc) is 3.06. The molecule has 2 aromatic carbocycles. The van der Waals surface area contributed by atoms with Crippen molar-refractivity contribution in [3.05, 3.63) is 70.8 Å². The molecule has 1 amide bonds. The molecule has 1 saturated heterocycles. The largest absolute Gasteiger partial charge is 0.355 e. The molecule has 1 aliphatic heterocycles. The molecule has 142 valence electrons. The Morgan fingerprint density at radius 2 is 1.85 bits per heavy atom. The molecule has 0 radical (unpaired) electrons. The van der Waals surface area contributed by atoms with Crippen molar-refractivity contribution in [3.63, 3.8) is 0 Å². The molecule has 1 heterocycles. The molecule has 5 nitrogen and oxygen atoms in total. The molecule has 1 aliphatic rings. The Morgan fingerprint density at radius 1 is 1.19 bits per heavy atom. The highest BCUT2D eigenvalue weighted by Gasteiger charge is 2.38. The Hall–Kier alpha value is -2.15. The van der Waals surface area contributed by atoms with Crippen molar-refractivity contribution in [2.24, 2.45) is 0 Å². The molecular formula is C20H21ClN2O3S. The van der Waals surface area contributed by atoms with Crippen molar-refractivity contribution in [3.8, 4) is 0 Å². The zero-order valence-corrected chi connectivity index (χ0v) is 16.5. The van der Waals surface area contributed by atoms with Crippen LogP contribution in [-0.2, 0) is 14.8 Å². The van der Waals surface area contributed by atoms with Crippen LogP contribution in [0.15, 0.2) is 65.1 Å². The molecule has 1 N–H and O–H groups in total. The summed E-state index contributed by atoms with van der Waals surface area (Å²) in [6.07, 6.45) is 2.38. The van der Waals surface area contributed by atoms with Crippen molar-refractivity contribution >= 4 is 33.6 Å². The lowest BCUT2D eigenvalue weighted by molar-refractivity contribution is -0.122. The van der Waals surface area contributed by atoms with E-state index in [1.165, 1.54) is 28.6 Å². The standard InChI is InChI=1S/C20H21ClN2O3S/c1-15(13-16-5-3-2-4-6-16)14-23(19-11-12-22-20(19)24)27(25,26)18-9-7-17(21)8-10-18/h2-10,13,19H,11-12,14H2,1H3,(H,22,24). The normalized spacial score (nSPS) is 18.0. The van der Waals surface area contributed by atoms with Gasteiger partial charge in [-0.3, -0.25) is 4.79 Å². The summed E-state index contributed by atoms with van der Waals surface area (Å²) in [4.78, 5) is 12.4. The molecule has 7 heteroatoms. The second kappa shape index (κ2) is 8.25. The maximum absolute atomic E-state index is 13.2. The molecule has 1 fully saturated rings. The van der Waals surface area contributed by atoms with Crippen LogP contribution in [0.25, 0.3) is 6.08 Å². The number of nitrogens with zero attached hydrogens (tertiary/aromatic N) is 1. The fourth-order valence-corrected chi connectivity index (χ4v) is 4.87. The average molecular weight is 405 g/mol. The van der Waals surface area contributed by atoms with Crippen molar-refractivity contribution in [1.29, 1.82) is 0 Å². The number of carbonyl (C=O) groups excluding carboxylic acids is 1. The van der Waals surface area contributed by atoms with Crippen molar-refractivity contribution in [2.75, 3.05) is 13.1 Å². The smallest absolute Gasteiger partial charge is 0.244 e. The second-order valence-electron chi connectivity index (χ2n) is 6.50. The van der Waals surface area contributed by atoms with Crippen LogP contribution in [0.2, 0.25) is 5.02 Å². The molecule has 0 spiro atoms. The van der Waals surface area contributed by atoms with Crippen molar-refractivity contribution in [2.45, 2.75) is 24.3 Å². The van der Waals surface area contributed by atoms with Gasteiger partial charge in [0.1, 0.15) is 6.04 Å². The third-order valence-electron chi connectivity index (χ3n) is 4.41. The lowest BCUT2D eigenvalue weighted by atomic mass is 10.1. The molecular weight excluding hydrogens is 384 g/mol. The Labute approximate surface area is 164 Å². The van der Waals surface area contributed by atoms with Crippen LogP contribution >= 0.6 is 11.6 Å². The van der Waals surface area contributed by atoms with E-state index in [1.807, 2.05) is 43.3 Å². The van der Waals surface area contributed by atoms with E-state index in [-0.39, 0.29) is 17.3 Å². The van der Waals surface area contributed by atoms with Gasteiger partial charge >= 0.3 is 0 Å². The van der Waals surface area contributed by atoms with Gasteiger partial charge in [0.15, 0.2) is 0 Å². The minimum absolute atomic E-state index is 0.124. The fraction of sp³-hybridized carbons (Fsp3) is 0.250. The van der Waals surface area contributed by atoms with E-state index < -0.39 is 16.1 Å². The molecule has 1 unspecified atom stereocenters. The van der Waals surface area contributed by atoms with E-state index in [9.17, 15) is 13.2 Å². The summed E-state index contributed by atoms with van der Waals surface area (Å²) < 4.78 is 27.8. The van der Waals surface area contributed by atoms with Crippen LogP contribution in [0.1, 0.15) is 18.9 Å². The highest BCUT2D eigenvalue weighted by molar-refractivity contribution is 7.89. The summed E-state index contributed by atoms with van der Waals surface area (Å²) in [5.74, 6) is -0.264. The van der Waals surface area contributed by atoms with Crippen LogP contribution in [-0.4, -0.2) is 37.8 Å². The first-order valence-corrected chi connectivity index (χ1v) is 10.5. The second-order valence-corrected chi connectivity index (χ2v) is 8.83. The molecule has 27 heavy (non-hydrogen) atoms. The maximum atomic E-state index is 13.2. The Bertz CT molecular complexity index is 941. The van der Waals surface area contributed by atoms with Gasteiger partial charge in [0.2, 0.25) is 15.9 Å². The molecule has 1 atom stereocenters. The summed E-state index contributed by atoms with van der Waals surface area (Å²) in [5.41, 5.74) is 1.83. The number of sulfonamides is 1. The monoisotopic (exact) mass is 404 g/mol. The highest BCUT2D eigenvalue weighted by Crippen LogP contribution is 2.24. The van der Waals surface area contributed by atoms with E-state index in [4.69, 9.17) is 11.6 Å². The van der Waals surface area contributed by atoms with Gasteiger partial charge in [-0.2, -0.15) is 4.31 Å². The van der Waals surface area contributed by atoms with Gasteiger partial charge in [0.25, 0.3) is 0 Å². The Morgan fingerprint density at radius 3 is 2.44 bits per heavy atom. The van der Waals surface area contributed by atoms with Crippen LogP contribution < -0.4 is 5.32 Å². The summed E-state index contributed by atoms with van der Waals surface area (Å²) in [6, 6.07) is 15.0. The molecule has 0 aromatic heterocycles. The highest BCUT2D eigenvalue weighted by atomic mass is 35.5. The number of hydrogen-bond donors (Lipinski definition) is 1. The third-order valence-corrected chi connectivity index (χ3v) is 6.53. The Balaban J connectivity index is 1.95. The van der Waals surface area contributed by atoms with Crippen LogP contribution in [0.5, 0.6) is 0 Å². The first-order valence-electron chi connectivity index (χ1n) is 8.65.